The van der Waals surface area contributed by atoms with Crippen LogP contribution in [0.1, 0.15) is 30.1 Å². The zero-order chi connectivity index (χ0) is 14.8. The third kappa shape index (κ3) is 2.62. The number of hydrogen-bond acceptors (Lipinski definition) is 4. The lowest BCUT2D eigenvalue weighted by Gasteiger charge is -2.34. The van der Waals surface area contributed by atoms with Crippen LogP contribution in [0.25, 0.3) is 0 Å². The van der Waals surface area contributed by atoms with Crippen molar-refractivity contribution in [1.29, 1.82) is 5.26 Å². The van der Waals surface area contributed by atoms with Gasteiger partial charge in [0, 0.05) is 19.2 Å². The van der Waals surface area contributed by atoms with E-state index in [4.69, 9.17) is 5.26 Å². The number of amides is 1. The Balaban J connectivity index is 2.18. The summed E-state index contributed by atoms with van der Waals surface area (Å²) in [7, 11) is 0. The zero-order valence-corrected chi connectivity index (χ0v) is 11.2. The van der Waals surface area contributed by atoms with Gasteiger partial charge in [-0.15, -0.1) is 0 Å². The molecule has 0 aliphatic carbocycles. The predicted molar refractivity (Wildman–Crippen MR) is 72.0 cm³/mol. The Labute approximate surface area is 116 Å². The predicted octanol–water partition coefficient (Wildman–Crippen LogP) is 2.36. The number of nitro groups is 1. The number of nitrogens with zero attached hydrogens (tertiary/aromatic N) is 3. The monoisotopic (exact) mass is 273 g/mol. The number of nitriles is 1. The Morgan fingerprint density at radius 3 is 2.55 bits per heavy atom. The van der Waals surface area contributed by atoms with E-state index < -0.39 is 10.3 Å². The molecule has 0 unspecified atom stereocenters. The molecule has 1 saturated heterocycles. The molecule has 1 aliphatic rings. The Morgan fingerprint density at radius 2 is 2.00 bits per heavy atom. The quantitative estimate of drug-likeness (QED) is 0.611. The highest BCUT2D eigenvalue weighted by atomic mass is 16.6. The molecule has 6 heteroatoms. The summed E-state index contributed by atoms with van der Waals surface area (Å²) in [5.41, 5.74) is -0.469. The molecule has 20 heavy (non-hydrogen) atoms. The minimum absolute atomic E-state index is 0.109. The Bertz CT molecular complexity index is 584. The average Bonchev–Trinajstić information content (AvgIpc) is 2.47. The van der Waals surface area contributed by atoms with Crippen LogP contribution in [0.4, 0.5) is 5.69 Å². The molecule has 0 N–H and O–H groups in total. The average molecular weight is 273 g/mol. The number of nitro benzene ring substituents is 1. The van der Waals surface area contributed by atoms with E-state index in [1.54, 1.807) is 11.0 Å². The summed E-state index contributed by atoms with van der Waals surface area (Å²) in [5.74, 6) is -0.336. The number of carbonyl (C=O) groups excluding carboxylic acids is 1. The van der Waals surface area contributed by atoms with Gasteiger partial charge in [-0.1, -0.05) is 12.1 Å². The molecule has 0 spiro atoms. The lowest BCUT2D eigenvalue weighted by Crippen LogP contribution is -2.41. The maximum absolute atomic E-state index is 12.4. The highest BCUT2D eigenvalue weighted by molar-refractivity contribution is 5.98. The van der Waals surface area contributed by atoms with E-state index in [0.29, 0.717) is 25.9 Å². The van der Waals surface area contributed by atoms with Crippen molar-refractivity contribution >= 4 is 11.6 Å². The maximum Gasteiger partial charge on any atom is 0.282 e. The molecule has 1 aromatic carbocycles. The fourth-order valence-corrected chi connectivity index (χ4v) is 2.30. The lowest BCUT2D eigenvalue weighted by molar-refractivity contribution is -0.385. The van der Waals surface area contributed by atoms with Crippen LogP contribution in [-0.2, 0) is 0 Å². The summed E-state index contributed by atoms with van der Waals surface area (Å²) in [4.78, 5) is 24.4. The maximum atomic E-state index is 12.4. The number of para-hydroxylation sites is 1. The van der Waals surface area contributed by atoms with E-state index in [1.165, 1.54) is 18.2 Å². The van der Waals surface area contributed by atoms with Gasteiger partial charge in [0.25, 0.3) is 11.6 Å². The topological polar surface area (TPSA) is 87.2 Å². The summed E-state index contributed by atoms with van der Waals surface area (Å²) < 4.78 is 0. The van der Waals surface area contributed by atoms with E-state index in [-0.39, 0.29) is 17.2 Å². The van der Waals surface area contributed by atoms with Crippen LogP contribution >= 0.6 is 0 Å². The summed E-state index contributed by atoms with van der Waals surface area (Å²) in [6.45, 7) is 2.78. The van der Waals surface area contributed by atoms with E-state index in [9.17, 15) is 14.9 Å². The van der Waals surface area contributed by atoms with Crippen molar-refractivity contribution in [2.45, 2.75) is 19.8 Å². The summed E-state index contributed by atoms with van der Waals surface area (Å²) in [6, 6.07) is 8.22. The van der Waals surface area contributed by atoms with E-state index in [2.05, 4.69) is 6.07 Å². The summed E-state index contributed by atoms with van der Waals surface area (Å²) in [6.07, 6.45) is 1.19. The standard InChI is InChI=1S/C14H15N3O3/c1-14(10-15)6-8-16(9-7-14)13(18)11-4-2-3-5-12(11)17(19)20/h2-5H,6-9H2,1H3. The minimum Gasteiger partial charge on any atom is -0.338 e. The van der Waals surface area contributed by atoms with Crippen molar-refractivity contribution < 1.29 is 9.72 Å². The third-order valence-corrected chi connectivity index (χ3v) is 3.76. The molecule has 1 fully saturated rings. The molecular formula is C14H15N3O3. The molecule has 0 bridgehead atoms. The third-order valence-electron chi connectivity index (χ3n) is 3.76. The summed E-state index contributed by atoms with van der Waals surface area (Å²) >= 11 is 0. The van der Waals surface area contributed by atoms with Crippen LogP contribution in [0.2, 0.25) is 0 Å². The first kappa shape index (κ1) is 14.0. The van der Waals surface area contributed by atoms with Gasteiger partial charge in [-0.25, -0.2) is 0 Å². The van der Waals surface area contributed by atoms with Crippen molar-refractivity contribution in [3.63, 3.8) is 0 Å². The van der Waals surface area contributed by atoms with Gasteiger partial charge in [-0.3, -0.25) is 14.9 Å². The van der Waals surface area contributed by atoms with Crippen molar-refractivity contribution in [2.75, 3.05) is 13.1 Å². The second kappa shape index (κ2) is 5.29. The molecule has 1 heterocycles. The molecular weight excluding hydrogens is 258 g/mol. The van der Waals surface area contributed by atoms with Gasteiger partial charge in [0.15, 0.2) is 0 Å². The number of piperidine rings is 1. The first-order chi connectivity index (χ1) is 9.47. The molecule has 1 aliphatic heterocycles. The smallest absolute Gasteiger partial charge is 0.282 e. The molecule has 0 radical (unpaired) electrons. The van der Waals surface area contributed by atoms with Gasteiger partial charge in [0.1, 0.15) is 5.56 Å². The fourth-order valence-electron chi connectivity index (χ4n) is 2.30. The molecule has 104 valence electrons. The number of carbonyl (C=O) groups is 1. The van der Waals surface area contributed by atoms with Gasteiger partial charge in [0.05, 0.1) is 16.4 Å². The Hall–Kier alpha value is -2.42. The van der Waals surface area contributed by atoms with Gasteiger partial charge in [0.2, 0.25) is 0 Å². The first-order valence-electron chi connectivity index (χ1n) is 6.41. The minimum atomic E-state index is -0.545. The molecule has 1 amide bonds. The fraction of sp³-hybridized carbons (Fsp3) is 0.429. The van der Waals surface area contributed by atoms with Crippen molar-refractivity contribution in [2.24, 2.45) is 5.41 Å². The molecule has 6 nitrogen and oxygen atoms in total. The SMILES string of the molecule is CC1(C#N)CCN(C(=O)c2ccccc2[N+](=O)[O-])CC1. The molecule has 0 aromatic heterocycles. The highest BCUT2D eigenvalue weighted by Crippen LogP contribution is 2.31. The van der Waals surface area contributed by atoms with Gasteiger partial charge in [-0.2, -0.15) is 5.26 Å². The van der Waals surface area contributed by atoms with Crippen LogP contribution in [-0.4, -0.2) is 28.8 Å². The second-order valence-corrected chi connectivity index (χ2v) is 5.24. The van der Waals surface area contributed by atoms with Crippen LogP contribution in [0.15, 0.2) is 24.3 Å². The summed E-state index contributed by atoms with van der Waals surface area (Å²) in [5, 5.41) is 20.0. The van der Waals surface area contributed by atoms with E-state index in [0.717, 1.165) is 0 Å². The van der Waals surface area contributed by atoms with Crippen molar-refractivity contribution in [1.82, 2.24) is 4.90 Å². The number of likely N-dealkylation sites (tertiary alicyclic amines) is 1. The van der Waals surface area contributed by atoms with Crippen LogP contribution in [0.5, 0.6) is 0 Å². The van der Waals surface area contributed by atoms with E-state index >= 15 is 0 Å². The number of hydrogen-bond donors (Lipinski definition) is 0. The normalized spacial score (nSPS) is 17.3. The van der Waals surface area contributed by atoms with Crippen LogP contribution in [0.3, 0.4) is 0 Å². The number of benzene rings is 1. The zero-order valence-electron chi connectivity index (χ0n) is 11.2. The second-order valence-electron chi connectivity index (χ2n) is 5.24. The first-order valence-corrected chi connectivity index (χ1v) is 6.41. The molecule has 2 rings (SSSR count). The molecule has 0 atom stereocenters. The van der Waals surface area contributed by atoms with E-state index in [1.807, 2.05) is 6.92 Å². The van der Waals surface area contributed by atoms with Crippen molar-refractivity contribution in [3.8, 4) is 6.07 Å². The number of rotatable bonds is 2. The van der Waals surface area contributed by atoms with Crippen LogP contribution < -0.4 is 0 Å². The van der Waals surface area contributed by atoms with Gasteiger partial charge in [-0.05, 0) is 25.8 Å². The Morgan fingerprint density at radius 1 is 1.40 bits per heavy atom. The highest BCUT2D eigenvalue weighted by Gasteiger charge is 2.33. The van der Waals surface area contributed by atoms with Gasteiger partial charge < -0.3 is 4.90 Å². The molecule has 0 saturated carbocycles. The Kier molecular flexibility index (Phi) is 3.70. The molecule has 1 aromatic rings. The van der Waals surface area contributed by atoms with Crippen molar-refractivity contribution in [3.05, 3.63) is 39.9 Å². The van der Waals surface area contributed by atoms with Crippen LogP contribution in [0, 0.1) is 26.9 Å². The van der Waals surface area contributed by atoms with Gasteiger partial charge >= 0.3 is 0 Å². The largest absolute Gasteiger partial charge is 0.338 e. The lowest BCUT2D eigenvalue weighted by atomic mass is 9.82.